The third-order valence-corrected chi connectivity index (χ3v) is 8.66. The number of unbranched alkanes of at least 4 members (excludes halogenated alkanes) is 11. The molecular weight excluding hydrogens is 564 g/mol. The lowest BCUT2D eigenvalue weighted by atomic mass is 9.92. The fourth-order valence-electron chi connectivity index (χ4n) is 5.35. The molecule has 2 unspecified atom stereocenters. The molecule has 0 aromatic heterocycles. The Hall–Kier alpha value is -2.37. The van der Waals surface area contributed by atoms with E-state index in [1.54, 1.807) is 6.92 Å². The summed E-state index contributed by atoms with van der Waals surface area (Å²) >= 11 is 0. The maximum absolute atomic E-state index is 13.5. The Labute approximate surface area is 276 Å². The number of hydrogen-bond acceptors (Lipinski definition) is 6. The zero-order valence-corrected chi connectivity index (χ0v) is 30.0. The number of hydrogen-bond donors (Lipinski definition) is 0. The van der Waals surface area contributed by atoms with Crippen LogP contribution in [0.4, 0.5) is 0 Å². The molecule has 0 fully saturated rings. The van der Waals surface area contributed by atoms with Crippen LogP contribution in [0.15, 0.2) is 35.6 Å². The topological polar surface area (TPSA) is 78.9 Å². The molecule has 0 aliphatic heterocycles. The first kappa shape index (κ1) is 42.6. The molecule has 0 aromatic rings. The summed E-state index contributed by atoms with van der Waals surface area (Å²) in [5, 5.41) is 0. The average molecular weight is 633 g/mol. The van der Waals surface area contributed by atoms with E-state index in [9.17, 15) is 14.4 Å². The largest absolute Gasteiger partial charge is 0.462 e. The summed E-state index contributed by atoms with van der Waals surface area (Å²) in [6, 6.07) is 0. The fourth-order valence-corrected chi connectivity index (χ4v) is 5.35. The zero-order chi connectivity index (χ0) is 33.7. The van der Waals surface area contributed by atoms with Gasteiger partial charge in [-0.2, -0.15) is 0 Å². The standard InChI is InChI=1S/C39H68O6/c1-8-14-17-18-19-20-21-22-23-24-29-43-39(42)35(28-27-33(11-4)25-15-9-2)36(45-37(40)13-6)30-32(7)38(41)44-31-34(12-5)26-16-10-3/h13,30,33-34H,6,8-12,14-29,31H2,1-5,7H3/b32-30+,36-35+. The lowest BCUT2D eigenvalue weighted by Crippen LogP contribution is -2.17. The van der Waals surface area contributed by atoms with Crippen molar-refractivity contribution in [3.63, 3.8) is 0 Å². The number of esters is 3. The van der Waals surface area contributed by atoms with Crippen LogP contribution in [0.5, 0.6) is 0 Å². The summed E-state index contributed by atoms with van der Waals surface area (Å²) in [6.45, 7) is 16.6. The van der Waals surface area contributed by atoms with E-state index in [2.05, 4.69) is 41.2 Å². The quantitative estimate of drug-likeness (QED) is 0.0204. The molecule has 6 nitrogen and oxygen atoms in total. The summed E-state index contributed by atoms with van der Waals surface area (Å²) in [6.07, 6.45) is 24.1. The number of ether oxygens (including phenoxy) is 3. The molecule has 0 rings (SSSR count). The first-order chi connectivity index (χ1) is 21.8. The van der Waals surface area contributed by atoms with E-state index in [4.69, 9.17) is 14.2 Å². The van der Waals surface area contributed by atoms with Crippen LogP contribution in [0.3, 0.4) is 0 Å². The van der Waals surface area contributed by atoms with E-state index in [1.165, 1.54) is 51.0 Å². The van der Waals surface area contributed by atoms with Crippen molar-refractivity contribution in [1.82, 2.24) is 0 Å². The van der Waals surface area contributed by atoms with Crippen LogP contribution in [-0.4, -0.2) is 31.1 Å². The number of carbonyl (C=O) groups is 3. The minimum atomic E-state index is -0.689. The summed E-state index contributed by atoms with van der Waals surface area (Å²) in [5.74, 6) is -0.872. The Morgan fingerprint density at radius 3 is 1.71 bits per heavy atom. The van der Waals surface area contributed by atoms with Gasteiger partial charge in [0.25, 0.3) is 0 Å². The monoisotopic (exact) mass is 633 g/mol. The molecule has 0 aromatic carbocycles. The Kier molecular flexibility index (Phi) is 27.5. The van der Waals surface area contributed by atoms with E-state index < -0.39 is 17.9 Å². The van der Waals surface area contributed by atoms with Crippen molar-refractivity contribution in [2.45, 2.75) is 170 Å². The van der Waals surface area contributed by atoms with E-state index in [0.29, 0.717) is 31.5 Å². The molecule has 0 aliphatic carbocycles. The van der Waals surface area contributed by atoms with Gasteiger partial charge in [-0.15, -0.1) is 0 Å². The highest BCUT2D eigenvalue weighted by molar-refractivity contribution is 5.93. The molecule has 2 atom stereocenters. The molecule has 0 saturated carbocycles. The number of carbonyl (C=O) groups excluding carboxylic acids is 3. The van der Waals surface area contributed by atoms with Gasteiger partial charge in [0.15, 0.2) is 0 Å². The summed E-state index contributed by atoms with van der Waals surface area (Å²) in [4.78, 5) is 38.8. The van der Waals surface area contributed by atoms with Gasteiger partial charge in [0.1, 0.15) is 5.76 Å². The molecule has 0 N–H and O–H groups in total. The second-order valence-electron chi connectivity index (χ2n) is 12.6. The van der Waals surface area contributed by atoms with Crippen molar-refractivity contribution in [1.29, 1.82) is 0 Å². The Morgan fingerprint density at radius 2 is 1.18 bits per heavy atom. The highest BCUT2D eigenvalue weighted by atomic mass is 16.6. The predicted molar refractivity (Wildman–Crippen MR) is 187 cm³/mol. The smallest absolute Gasteiger partial charge is 0.337 e. The minimum absolute atomic E-state index is 0.0470. The molecule has 0 saturated heterocycles. The van der Waals surface area contributed by atoms with Crippen molar-refractivity contribution in [2.75, 3.05) is 13.2 Å². The van der Waals surface area contributed by atoms with Gasteiger partial charge in [-0.05, 0) is 50.5 Å². The number of rotatable bonds is 29. The number of allylic oxidation sites excluding steroid dienone is 1. The van der Waals surface area contributed by atoms with E-state index in [-0.39, 0.29) is 16.9 Å². The first-order valence-corrected chi connectivity index (χ1v) is 18.4. The van der Waals surface area contributed by atoms with Crippen molar-refractivity contribution in [2.24, 2.45) is 11.8 Å². The highest BCUT2D eigenvalue weighted by Gasteiger charge is 2.22. The van der Waals surface area contributed by atoms with Crippen molar-refractivity contribution in [3.8, 4) is 0 Å². The second-order valence-corrected chi connectivity index (χ2v) is 12.6. The SMILES string of the molecule is C=CC(=O)OC(/C=C(\C)C(=O)OCC(CC)CCCC)=C(\CCC(CC)CCCC)C(=O)OCCCCCCCCCCCC. The molecule has 260 valence electrons. The molecule has 0 bridgehead atoms. The second kappa shape index (κ2) is 29.1. The molecule has 0 heterocycles. The van der Waals surface area contributed by atoms with Gasteiger partial charge in [-0.3, -0.25) is 0 Å². The molecular formula is C39H68O6. The lowest BCUT2D eigenvalue weighted by Gasteiger charge is -2.18. The van der Waals surface area contributed by atoms with Gasteiger partial charge in [-0.25, -0.2) is 14.4 Å². The van der Waals surface area contributed by atoms with Crippen LogP contribution in [0.25, 0.3) is 0 Å². The van der Waals surface area contributed by atoms with Gasteiger partial charge < -0.3 is 14.2 Å². The fraction of sp³-hybridized carbons (Fsp3) is 0.769. The third-order valence-electron chi connectivity index (χ3n) is 8.66. The van der Waals surface area contributed by atoms with Crippen molar-refractivity contribution >= 4 is 17.9 Å². The van der Waals surface area contributed by atoms with Gasteiger partial charge in [0.2, 0.25) is 0 Å². The molecule has 6 heteroatoms. The van der Waals surface area contributed by atoms with E-state index >= 15 is 0 Å². The van der Waals surface area contributed by atoms with Gasteiger partial charge in [-0.1, -0.05) is 144 Å². The van der Waals surface area contributed by atoms with Crippen molar-refractivity contribution in [3.05, 3.63) is 35.6 Å². The Balaban J connectivity index is 5.70. The van der Waals surface area contributed by atoms with Crippen molar-refractivity contribution < 1.29 is 28.6 Å². The zero-order valence-electron chi connectivity index (χ0n) is 30.0. The molecule has 45 heavy (non-hydrogen) atoms. The lowest BCUT2D eigenvalue weighted by molar-refractivity contribution is -0.141. The Bertz CT molecular complexity index is 871. The summed E-state index contributed by atoms with van der Waals surface area (Å²) < 4.78 is 17.0. The maximum Gasteiger partial charge on any atom is 0.337 e. The predicted octanol–water partition coefficient (Wildman–Crippen LogP) is 11.1. The normalized spacial score (nSPS) is 13.5. The van der Waals surface area contributed by atoms with Gasteiger partial charge in [0.05, 0.1) is 18.8 Å². The molecule has 0 radical (unpaired) electrons. The Morgan fingerprint density at radius 1 is 0.644 bits per heavy atom. The highest BCUT2D eigenvalue weighted by Crippen LogP contribution is 2.26. The maximum atomic E-state index is 13.5. The van der Waals surface area contributed by atoms with Crippen LogP contribution < -0.4 is 0 Å². The van der Waals surface area contributed by atoms with Crippen LogP contribution >= 0.6 is 0 Å². The van der Waals surface area contributed by atoms with E-state index in [0.717, 1.165) is 83.1 Å². The molecule has 0 amide bonds. The first-order valence-electron chi connectivity index (χ1n) is 18.4. The van der Waals surface area contributed by atoms with Gasteiger partial charge >= 0.3 is 17.9 Å². The third kappa shape index (κ3) is 21.9. The van der Waals surface area contributed by atoms with Crippen LogP contribution in [0, 0.1) is 11.8 Å². The van der Waals surface area contributed by atoms with E-state index in [1.807, 2.05) is 0 Å². The molecule has 0 spiro atoms. The summed E-state index contributed by atoms with van der Waals surface area (Å²) in [7, 11) is 0. The van der Waals surface area contributed by atoms with Crippen LogP contribution in [-0.2, 0) is 28.6 Å². The van der Waals surface area contributed by atoms with Crippen LogP contribution in [0.2, 0.25) is 0 Å². The molecule has 0 aliphatic rings. The van der Waals surface area contributed by atoms with Crippen LogP contribution in [0.1, 0.15) is 170 Å². The minimum Gasteiger partial charge on any atom is -0.462 e. The summed E-state index contributed by atoms with van der Waals surface area (Å²) in [5.41, 5.74) is 0.555. The average Bonchev–Trinajstić information content (AvgIpc) is 3.04. The van der Waals surface area contributed by atoms with Gasteiger partial charge in [0, 0.05) is 11.6 Å².